The maximum absolute atomic E-state index is 12.8. The van der Waals surface area contributed by atoms with Gasteiger partial charge in [0.2, 0.25) is 12.7 Å². The van der Waals surface area contributed by atoms with Gasteiger partial charge in [-0.3, -0.25) is 19.3 Å². The van der Waals surface area contributed by atoms with Crippen LogP contribution in [-0.4, -0.2) is 51.4 Å². The van der Waals surface area contributed by atoms with Gasteiger partial charge >= 0.3 is 0 Å². The maximum Gasteiger partial charge on any atom is 0.293 e. The molecule has 1 aromatic heterocycles. The Balaban J connectivity index is 1.19. The fourth-order valence-electron chi connectivity index (χ4n) is 3.93. The molecule has 3 aromatic rings. The van der Waals surface area contributed by atoms with Crippen LogP contribution in [0.1, 0.15) is 18.3 Å². The van der Waals surface area contributed by atoms with Gasteiger partial charge in [0, 0.05) is 19.5 Å². The minimum atomic E-state index is -0.379. The number of imidazole rings is 1. The largest absolute Gasteiger partial charge is 0.454 e. The number of carbonyl (C=O) groups is 3. The van der Waals surface area contributed by atoms with Gasteiger partial charge < -0.3 is 19.4 Å². The molecule has 174 valence electrons. The lowest BCUT2D eigenvalue weighted by Gasteiger charge is -2.14. The highest BCUT2D eigenvalue weighted by Gasteiger charge is 2.34. The Morgan fingerprint density at radius 2 is 2.00 bits per heavy atom. The monoisotopic (exact) mass is 478 g/mol. The number of aromatic nitrogens is 2. The Morgan fingerprint density at radius 1 is 1.18 bits per heavy atom. The Hall–Kier alpha value is -3.79. The second-order valence-electron chi connectivity index (χ2n) is 7.75. The van der Waals surface area contributed by atoms with E-state index in [-0.39, 0.29) is 43.5 Å². The SMILES string of the molecule is CCc1nc2ccccc2n1CC(=O)NCCN1C(=O)S/C(=C\c2ccc3c(c2)OCO3)C1=O. The second kappa shape index (κ2) is 9.22. The van der Waals surface area contributed by atoms with E-state index in [0.717, 1.165) is 39.1 Å². The quantitative estimate of drug-likeness (QED) is 0.520. The van der Waals surface area contributed by atoms with E-state index in [4.69, 9.17) is 9.47 Å². The highest BCUT2D eigenvalue weighted by Crippen LogP contribution is 2.36. The molecule has 0 atom stereocenters. The molecule has 0 bridgehead atoms. The normalized spacial score (nSPS) is 16.1. The summed E-state index contributed by atoms with van der Waals surface area (Å²) in [6.07, 6.45) is 2.36. The van der Waals surface area contributed by atoms with E-state index in [0.29, 0.717) is 22.8 Å². The van der Waals surface area contributed by atoms with Crippen molar-refractivity contribution < 1.29 is 23.9 Å². The van der Waals surface area contributed by atoms with Gasteiger partial charge in [-0.15, -0.1) is 0 Å². The van der Waals surface area contributed by atoms with E-state index in [9.17, 15) is 14.4 Å². The summed E-state index contributed by atoms with van der Waals surface area (Å²) in [7, 11) is 0. The molecule has 3 amide bonds. The Kier molecular flexibility index (Phi) is 5.97. The number of imide groups is 1. The topological polar surface area (TPSA) is 103 Å². The van der Waals surface area contributed by atoms with E-state index >= 15 is 0 Å². The summed E-state index contributed by atoms with van der Waals surface area (Å²) in [6.45, 7) is 2.54. The van der Waals surface area contributed by atoms with Crippen LogP contribution in [0.4, 0.5) is 4.79 Å². The van der Waals surface area contributed by atoms with Crippen molar-refractivity contribution in [3.63, 3.8) is 0 Å². The number of hydrogen-bond donors (Lipinski definition) is 1. The minimum absolute atomic E-state index is 0.0974. The molecule has 1 saturated heterocycles. The van der Waals surface area contributed by atoms with E-state index in [1.807, 2.05) is 35.8 Å². The molecule has 5 rings (SSSR count). The number of hydrogen-bond acceptors (Lipinski definition) is 7. The molecular weight excluding hydrogens is 456 g/mol. The Morgan fingerprint density at radius 3 is 2.85 bits per heavy atom. The molecule has 0 unspecified atom stereocenters. The van der Waals surface area contributed by atoms with E-state index in [1.54, 1.807) is 24.3 Å². The van der Waals surface area contributed by atoms with Crippen molar-refractivity contribution in [3.8, 4) is 11.5 Å². The number of aryl methyl sites for hydroxylation is 1. The van der Waals surface area contributed by atoms with Crippen LogP contribution >= 0.6 is 11.8 Å². The number of thioether (sulfide) groups is 1. The van der Waals surface area contributed by atoms with E-state index in [1.165, 1.54) is 0 Å². The van der Waals surface area contributed by atoms with Crippen molar-refractivity contribution in [1.29, 1.82) is 0 Å². The summed E-state index contributed by atoms with van der Waals surface area (Å²) in [4.78, 5) is 43.8. The molecule has 2 aromatic carbocycles. The van der Waals surface area contributed by atoms with Crippen LogP contribution in [0.5, 0.6) is 11.5 Å². The molecule has 0 saturated carbocycles. The van der Waals surface area contributed by atoms with Crippen LogP contribution in [0, 0.1) is 0 Å². The number of nitrogens with one attached hydrogen (secondary N) is 1. The first-order valence-corrected chi connectivity index (χ1v) is 11.7. The molecule has 1 fully saturated rings. The fourth-order valence-corrected chi connectivity index (χ4v) is 4.79. The molecule has 10 heteroatoms. The van der Waals surface area contributed by atoms with Crippen LogP contribution in [0.25, 0.3) is 17.1 Å². The number of fused-ring (bicyclic) bond motifs is 2. The molecule has 0 spiro atoms. The van der Waals surface area contributed by atoms with Crippen LogP contribution < -0.4 is 14.8 Å². The van der Waals surface area contributed by atoms with Crippen LogP contribution in [-0.2, 0) is 22.6 Å². The van der Waals surface area contributed by atoms with Gasteiger partial charge in [-0.1, -0.05) is 25.1 Å². The first-order chi connectivity index (χ1) is 16.5. The van der Waals surface area contributed by atoms with Crippen molar-refractivity contribution in [2.75, 3.05) is 19.9 Å². The summed E-state index contributed by atoms with van der Waals surface area (Å²) in [5.41, 5.74) is 2.48. The first-order valence-electron chi connectivity index (χ1n) is 10.9. The molecule has 2 aliphatic heterocycles. The molecule has 0 radical (unpaired) electrons. The fraction of sp³-hybridized carbons (Fsp3) is 0.250. The van der Waals surface area contributed by atoms with Gasteiger partial charge in [-0.2, -0.15) is 0 Å². The van der Waals surface area contributed by atoms with Crippen LogP contribution in [0.15, 0.2) is 47.4 Å². The average molecular weight is 479 g/mol. The number of rotatable bonds is 7. The van der Waals surface area contributed by atoms with Crippen molar-refractivity contribution in [3.05, 3.63) is 58.8 Å². The smallest absolute Gasteiger partial charge is 0.293 e. The van der Waals surface area contributed by atoms with Crippen molar-refractivity contribution in [2.45, 2.75) is 19.9 Å². The Bertz CT molecular complexity index is 1330. The molecular formula is C24H22N4O5S. The van der Waals surface area contributed by atoms with Gasteiger partial charge in [0.05, 0.1) is 15.9 Å². The highest BCUT2D eigenvalue weighted by molar-refractivity contribution is 8.18. The van der Waals surface area contributed by atoms with Crippen molar-refractivity contribution in [1.82, 2.24) is 19.8 Å². The molecule has 3 heterocycles. The molecule has 34 heavy (non-hydrogen) atoms. The standard InChI is InChI=1S/C24H22N4O5S/c1-2-21-26-16-5-3-4-6-17(16)28(21)13-22(29)25-9-10-27-23(30)20(34-24(27)31)12-15-7-8-18-19(11-15)33-14-32-18/h3-8,11-12H,2,9-10,13-14H2,1H3,(H,25,29)/b20-12-. The van der Waals surface area contributed by atoms with Gasteiger partial charge in [0.15, 0.2) is 11.5 Å². The zero-order valence-corrected chi connectivity index (χ0v) is 19.3. The predicted octanol–water partition coefficient (Wildman–Crippen LogP) is 3.18. The summed E-state index contributed by atoms with van der Waals surface area (Å²) >= 11 is 0.880. The highest BCUT2D eigenvalue weighted by atomic mass is 32.2. The van der Waals surface area contributed by atoms with Gasteiger partial charge in [0.25, 0.3) is 11.1 Å². The van der Waals surface area contributed by atoms with Gasteiger partial charge in [-0.25, -0.2) is 4.98 Å². The van der Waals surface area contributed by atoms with Gasteiger partial charge in [0.1, 0.15) is 12.4 Å². The zero-order chi connectivity index (χ0) is 23.7. The number of para-hydroxylation sites is 2. The second-order valence-corrected chi connectivity index (χ2v) is 8.75. The number of amides is 3. The van der Waals surface area contributed by atoms with E-state index in [2.05, 4.69) is 10.3 Å². The predicted molar refractivity (Wildman–Crippen MR) is 127 cm³/mol. The van der Waals surface area contributed by atoms with Gasteiger partial charge in [-0.05, 0) is 47.7 Å². The summed E-state index contributed by atoms with van der Waals surface area (Å²) in [5.74, 6) is 1.50. The lowest BCUT2D eigenvalue weighted by atomic mass is 10.2. The van der Waals surface area contributed by atoms with Crippen molar-refractivity contribution in [2.24, 2.45) is 0 Å². The van der Waals surface area contributed by atoms with Crippen LogP contribution in [0.2, 0.25) is 0 Å². The zero-order valence-electron chi connectivity index (χ0n) is 18.4. The molecule has 0 aliphatic carbocycles. The summed E-state index contributed by atoms with van der Waals surface area (Å²) < 4.78 is 12.5. The minimum Gasteiger partial charge on any atom is -0.454 e. The molecule has 1 N–H and O–H groups in total. The summed E-state index contributed by atoms with van der Waals surface area (Å²) in [6, 6.07) is 13.0. The average Bonchev–Trinajstić information content (AvgIpc) is 3.51. The Labute approximate surface area is 199 Å². The maximum atomic E-state index is 12.8. The molecule has 9 nitrogen and oxygen atoms in total. The first kappa shape index (κ1) is 22.0. The molecule has 2 aliphatic rings. The lowest BCUT2D eigenvalue weighted by molar-refractivity contribution is -0.124. The van der Waals surface area contributed by atoms with Crippen LogP contribution in [0.3, 0.4) is 0 Å². The van der Waals surface area contributed by atoms with Crippen molar-refractivity contribution >= 4 is 45.9 Å². The third-order valence-electron chi connectivity index (χ3n) is 5.58. The summed E-state index contributed by atoms with van der Waals surface area (Å²) in [5, 5.41) is 2.44. The third kappa shape index (κ3) is 4.24. The lowest BCUT2D eigenvalue weighted by Crippen LogP contribution is -2.38. The van der Waals surface area contributed by atoms with E-state index < -0.39 is 0 Å². The number of nitrogens with zero attached hydrogens (tertiary/aromatic N) is 3. The number of ether oxygens (including phenoxy) is 2. The number of carbonyl (C=O) groups excluding carboxylic acids is 3. The third-order valence-corrected chi connectivity index (χ3v) is 6.48. The number of benzene rings is 2.